The van der Waals surface area contributed by atoms with Gasteiger partial charge in [0.05, 0.1) is 6.61 Å². The minimum Gasteiger partial charge on any atom is -0.394 e. The van der Waals surface area contributed by atoms with Crippen LogP contribution < -0.4 is 5.32 Å². The minimum atomic E-state index is 0.193. The van der Waals surface area contributed by atoms with Crippen molar-refractivity contribution in [3.8, 4) is 0 Å². The van der Waals surface area contributed by atoms with Crippen LogP contribution in [-0.2, 0) is 0 Å². The summed E-state index contributed by atoms with van der Waals surface area (Å²) in [6.07, 6.45) is 3.84. The second kappa shape index (κ2) is 1.70. The van der Waals surface area contributed by atoms with Crippen LogP contribution >= 0.6 is 0 Å². The Balaban J connectivity index is 2.01. The van der Waals surface area contributed by atoms with E-state index in [4.69, 9.17) is 5.11 Å². The molecule has 2 nitrogen and oxygen atoms in total. The van der Waals surface area contributed by atoms with Gasteiger partial charge in [-0.05, 0) is 31.7 Å². The number of nitrogens with one attached hydrogen (secondary N) is 1. The van der Waals surface area contributed by atoms with Crippen molar-refractivity contribution in [2.24, 2.45) is 5.92 Å². The molecule has 2 heteroatoms. The van der Waals surface area contributed by atoms with Gasteiger partial charge in [-0.3, -0.25) is 0 Å². The van der Waals surface area contributed by atoms with E-state index in [0.717, 1.165) is 12.5 Å². The predicted molar refractivity (Wildman–Crippen MR) is 35.2 cm³/mol. The predicted octanol–water partition coefficient (Wildman–Crippen LogP) is 0.121. The van der Waals surface area contributed by atoms with Crippen LogP contribution in [0.5, 0.6) is 0 Å². The van der Waals surface area contributed by atoms with Gasteiger partial charge in [-0.2, -0.15) is 0 Å². The molecule has 2 rings (SSSR count). The molecule has 0 aromatic carbocycles. The lowest BCUT2D eigenvalue weighted by Gasteiger charge is -2.20. The zero-order valence-electron chi connectivity index (χ0n) is 5.56. The molecule has 1 aliphatic carbocycles. The Kier molecular flexibility index (Phi) is 1.08. The van der Waals surface area contributed by atoms with Crippen LogP contribution in [0, 0.1) is 5.92 Å². The monoisotopic (exact) mass is 127 g/mol. The molecule has 1 aliphatic heterocycles. The molecule has 2 aliphatic rings. The molecule has 1 saturated heterocycles. The Morgan fingerprint density at radius 2 is 2.56 bits per heavy atom. The topological polar surface area (TPSA) is 32.3 Å². The third-order valence-electron chi connectivity index (χ3n) is 2.72. The Morgan fingerprint density at radius 1 is 1.67 bits per heavy atom. The van der Waals surface area contributed by atoms with Gasteiger partial charge in [0.15, 0.2) is 0 Å². The summed E-state index contributed by atoms with van der Waals surface area (Å²) >= 11 is 0. The van der Waals surface area contributed by atoms with Gasteiger partial charge < -0.3 is 10.4 Å². The van der Waals surface area contributed by atoms with E-state index in [9.17, 15) is 0 Å². The van der Waals surface area contributed by atoms with Crippen molar-refractivity contribution in [2.75, 3.05) is 13.2 Å². The molecule has 52 valence electrons. The molecule has 0 radical (unpaired) electrons. The molecule has 2 atom stereocenters. The molecule has 1 heterocycles. The van der Waals surface area contributed by atoms with Crippen molar-refractivity contribution in [3.63, 3.8) is 0 Å². The average molecular weight is 127 g/mol. The number of piperidine rings is 1. The molecule has 0 amide bonds. The average Bonchev–Trinajstić information content (AvgIpc) is 2.62. The van der Waals surface area contributed by atoms with Gasteiger partial charge in [0.1, 0.15) is 0 Å². The fraction of sp³-hybridized carbons (Fsp3) is 1.00. The minimum absolute atomic E-state index is 0.193. The molecular formula is C7H13NO. The normalized spacial score (nSPS) is 48.3. The summed E-state index contributed by atoms with van der Waals surface area (Å²) in [7, 11) is 0. The second-order valence-electron chi connectivity index (χ2n) is 3.28. The number of aliphatic hydroxyl groups is 1. The molecule has 0 aromatic rings. The highest BCUT2D eigenvalue weighted by Crippen LogP contribution is 2.48. The Hall–Kier alpha value is -0.0800. The van der Waals surface area contributed by atoms with Gasteiger partial charge in [-0.25, -0.2) is 0 Å². The number of hydrogen-bond acceptors (Lipinski definition) is 2. The van der Waals surface area contributed by atoms with Gasteiger partial charge in [-0.1, -0.05) is 0 Å². The highest BCUT2D eigenvalue weighted by molar-refractivity contribution is 5.11. The fourth-order valence-electron chi connectivity index (χ4n) is 1.91. The molecule has 2 fully saturated rings. The van der Waals surface area contributed by atoms with E-state index in [1.54, 1.807) is 0 Å². The number of rotatable bonds is 1. The maximum Gasteiger partial charge on any atom is 0.0616 e. The molecule has 0 aromatic heterocycles. The number of hydrogen-bond donors (Lipinski definition) is 2. The third-order valence-corrected chi connectivity index (χ3v) is 2.72. The Labute approximate surface area is 55.3 Å². The van der Waals surface area contributed by atoms with Crippen LogP contribution in [0.1, 0.15) is 19.3 Å². The Morgan fingerprint density at radius 3 is 3.11 bits per heavy atom. The number of aliphatic hydroxyl groups excluding tert-OH is 1. The van der Waals surface area contributed by atoms with E-state index in [1.807, 2.05) is 0 Å². The smallest absolute Gasteiger partial charge is 0.0616 e. The lowest BCUT2D eigenvalue weighted by atomic mass is 10.1. The molecule has 0 unspecified atom stereocenters. The Bertz CT molecular complexity index is 126. The summed E-state index contributed by atoms with van der Waals surface area (Å²) in [6.45, 7) is 1.45. The standard InChI is InChI=1S/C7H13NO/c9-5-7-4-6(7)2-1-3-8-7/h6,8-9H,1-5H2/t6-,7-/m1/s1. The molecule has 2 N–H and O–H groups in total. The molecule has 0 spiro atoms. The first-order chi connectivity index (χ1) is 4.37. The van der Waals surface area contributed by atoms with Gasteiger partial charge in [0.25, 0.3) is 0 Å². The van der Waals surface area contributed by atoms with Crippen LogP contribution in [-0.4, -0.2) is 23.8 Å². The van der Waals surface area contributed by atoms with E-state index in [0.29, 0.717) is 6.61 Å². The summed E-state index contributed by atoms with van der Waals surface area (Å²) in [5.41, 5.74) is 0.193. The van der Waals surface area contributed by atoms with Crippen molar-refractivity contribution in [3.05, 3.63) is 0 Å². The van der Waals surface area contributed by atoms with Gasteiger partial charge in [0.2, 0.25) is 0 Å². The van der Waals surface area contributed by atoms with E-state index in [2.05, 4.69) is 5.32 Å². The third kappa shape index (κ3) is 0.700. The highest BCUT2D eigenvalue weighted by Gasteiger charge is 2.54. The maximum absolute atomic E-state index is 8.93. The van der Waals surface area contributed by atoms with E-state index in [1.165, 1.54) is 19.3 Å². The lowest BCUT2D eigenvalue weighted by Crippen LogP contribution is -2.40. The van der Waals surface area contributed by atoms with Crippen molar-refractivity contribution in [1.82, 2.24) is 5.32 Å². The first-order valence-electron chi connectivity index (χ1n) is 3.73. The van der Waals surface area contributed by atoms with Crippen LogP contribution in [0.3, 0.4) is 0 Å². The van der Waals surface area contributed by atoms with Crippen molar-refractivity contribution < 1.29 is 5.11 Å². The largest absolute Gasteiger partial charge is 0.394 e. The van der Waals surface area contributed by atoms with Gasteiger partial charge in [0, 0.05) is 5.54 Å². The van der Waals surface area contributed by atoms with Crippen LogP contribution in [0.2, 0.25) is 0 Å². The zero-order chi connectivity index (χ0) is 6.32. The zero-order valence-corrected chi connectivity index (χ0v) is 5.56. The summed E-state index contributed by atoms with van der Waals surface area (Å²) in [5, 5.41) is 12.3. The first kappa shape index (κ1) is 5.69. The van der Waals surface area contributed by atoms with E-state index >= 15 is 0 Å². The number of fused-ring (bicyclic) bond motifs is 1. The van der Waals surface area contributed by atoms with Crippen molar-refractivity contribution in [1.29, 1.82) is 0 Å². The van der Waals surface area contributed by atoms with Crippen molar-refractivity contribution >= 4 is 0 Å². The van der Waals surface area contributed by atoms with Crippen LogP contribution in [0.4, 0.5) is 0 Å². The highest BCUT2D eigenvalue weighted by atomic mass is 16.3. The molecule has 0 bridgehead atoms. The van der Waals surface area contributed by atoms with Gasteiger partial charge in [-0.15, -0.1) is 0 Å². The van der Waals surface area contributed by atoms with Gasteiger partial charge >= 0.3 is 0 Å². The molecular weight excluding hydrogens is 114 g/mol. The maximum atomic E-state index is 8.93. The summed E-state index contributed by atoms with van der Waals surface area (Å²) in [5.74, 6) is 0.802. The second-order valence-corrected chi connectivity index (χ2v) is 3.28. The van der Waals surface area contributed by atoms with Crippen LogP contribution in [0.15, 0.2) is 0 Å². The molecule has 9 heavy (non-hydrogen) atoms. The van der Waals surface area contributed by atoms with Crippen LogP contribution in [0.25, 0.3) is 0 Å². The first-order valence-corrected chi connectivity index (χ1v) is 3.73. The quantitative estimate of drug-likeness (QED) is 0.524. The summed E-state index contributed by atoms with van der Waals surface area (Å²) in [6, 6.07) is 0. The molecule has 1 saturated carbocycles. The van der Waals surface area contributed by atoms with E-state index in [-0.39, 0.29) is 5.54 Å². The van der Waals surface area contributed by atoms with E-state index < -0.39 is 0 Å². The summed E-state index contributed by atoms with van der Waals surface area (Å²) < 4.78 is 0. The lowest BCUT2D eigenvalue weighted by molar-refractivity contribution is 0.205. The fourth-order valence-corrected chi connectivity index (χ4v) is 1.91. The SMILES string of the molecule is OC[C@]12C[C@H]1CCCN2. The van der Waals surface area contributed by atoms with Crippen molar-refractivity contribution in [2.45, 2.75) is 24.8 Å². The summed E-state index contributed by atoms with van der Waals surface area (Å²) in [4.78, 5) is 0.